The van der Waals surface area contributed by atoms with Crippen molar-refractivity contribution in [3.05, 3.63) is 53.7 Å². The molecular weight excluding hydrogens is 451 g/mol. The average molecular weight is 487 g/mol. The molecular formula is C25H35FN4O3Si. The summed E-state index contributed by atoms with van der Waals surface area (Å²) >= 11 is 0. The van der Waals surface area contributed by atoms with Crippen LogP contribution >= 0.6 is 0 Å². The molecule has 1 aromatic carbocycles. The maximum Gasteiger partial charge on any atom is 0.225 e. The van der Waals surface area contributed by atoms with Gasteiger partial charge in [0.15, 0.2) is 11.6 Å². The molecule has 7 nitrogen and oxygen atoms in total. The van der Waals surface area contributed by atoms with Crippen LogP contribution in [0.25, 0.3) is 0 Å². The number of nitrogens with zero attached hydrogens (tertiary/aromatic N) is 4. The van der Waals surface area contributed by atoms with Gasteiger partial charge in [-0.1, -0.05) is 17.3 Å². The van der Waals surface area contributed by atoms with Gasteiger partial charge in [0, 0.05) is 44.6 Å². The summed E-state index contributed by atoms with van der Waals surface area (Å²) in [7, 11) is -2.03. The summed E-state index contributed by atoms with van der Waals surface area (Å²) in [5.74, 6) is 0.718. The lowest BCUT2D eigenvalue weighted by molar-refractivity contribution is 0.122. The van der Waals surface area contributed by atoms with Gasteiger partial charge in [-0.2, -0.15) is 0 Å². The Morgan fingerprint density at radius 3 is 2.44 bits per heavy atom. The fourth-order valence-corrected chi connectivity index (χ4v) is 4.72. The fourth-order valence-electron chi connectivity index (χ4n) is 3.96. The van der Waals surface area contributed by atoms with Crippen molar-refractivity contribution in [3.63, 3.8) is 0 Å². The van der Waals surface area contributed by atoms with E-state index >= 15 is 4.39 Å². The van der Waals surface area contributed by atoms with Crippen LogP contribution in [0.1, 0.15) is 25.3 Å². The Morgan fingerprint density at radius 2 is 1.79 bits per heavy atom. The molecule has 2 aromatic rings. The molecule has 0 N–H and O–H groups in total. The van der Waals surface area contributed by atoms with Crippen LogP contribution in [0.5, 0.6) is 5.75 Å². The molecule has 0 unspecified atom stereocenters. The predicted molar refractivity (Wildman–Crippen MR) is 134 cm³/mol. The van der Waals surface area contributed by atoms with E-state index in [2.05, 4.69) is 39.4 Å². The SMILES string of the molecule is C=C(C)[Si](C)(C)OCc1cccc(OC2CCN(c3cnc(N4CCOCC4)nc3)CC2)c1F. The van der Waals surface area contributed by atoms with Crippen LogP contribution < -0.4 is 14.5 Å². The third-order valence-corrected chi connectivity index (χ3v) is 9.60. The molecule has 4 rings (SSSR count). The first-order valence-corrected chi connectivity index (χ1v) is 14.9. The van der Waals surface area contributed by atoms with Crippen molar-refractivity contribution in [1.29, 1.82) is 0 Å². The molecule has 2 aliphatic rings. The molecule has 0 atom stereocenters. The van der Waals surface area contributed by atoms with Gasteiger partial charge in [0.2, 0.25) is 14.3 Å². The van der Waals surface area contributed by atoms with Crippen LogP contribution in [0.3, 0.4) is 0 Å². The van der Waals surface area contributed by atoms with Crippen LogP contribution in [0.15, 0.2) is 42.4 Å². The van der Waals surface area contributed by atoms with E-state index < -0.39 is 8.32 Å². The number of allylic oxidation sites excluding steroid dienone is 1. The molecule has 2 aliphatic heterocycles. The van der Waals surface area contributed by atoms with Gasteiger partial charge in [-0.05, 0) is 26.1 Å². The first-order chi connectivity index (χ1) is 16.3. The quantitative estimate of drug-likeness (QED) is 0.515. The largest absolute Gasteiger partial charge is 0.487 e. The van der Waals surface area contributed by atoms with Gasteiger partial charge in [0.25, 0.3) is 0 Å². The number of ether oxygens (including phenoxy) is 2. The summed E-state index contributed by atoms with van der Waals surface area (Å²) in [6.07, 6.45) is 5.36. The van der Waals surface area contributed by atoms with Gasteiger partial charge in [-0.3, -0.25) is 0 Å². The van der Waals surface area contributed by atoms with Crippen LogP contribution in [-0.2, 0) is 15.8 Å². The smallest absolute Gasteiger partial charge is 0.225 e. The monoisotopic (exact) mass is 486 g/mol. The summed E-state index contributed by atoms with van der Waals surface area (Å²) in [4.78, 5) is 13.5. The number of halogens is 1. The molecule has 0 bridgehead atoms. The zero-order valence-corrected chi connectivity index (χ0v) is 21.4. The number of aromatic nitrogens is 2. The number of hydrogen-bond acceptors (Lipinski definition) is 7. The molecule has 0 aliphatic carbocycles. The van der Waals surface area contributed by atoms with E-state index in [1.165, 1.54) is 0 Å². The van der Waals surface area contributed by atoms with Crippen LogP contribution in [0.2, 0.25) is 13.1 Å². The van der Waals surface area contributed by atoms with Crippen LogP contribution in [-0.4, -0.2) is 63.8 Å². The summed E-state index contributed by atoms with van der Waals surface area (Å²) in [5, 5.41) is 1.04. The molecule has 0 amide bonds. The lowest BCUT2D eigenvalue weighted by Gasteiger charge is -2.34. The Bertz CT molecular complexity index is 975. The zero-order valence-electron chi connectivity index (χ0n) is 20.4. The van der Waals surface area contributed by atoms with Crippen molar-refractivity contribution >= 4 is 20.0 Å². The maximum absolute atomic E-state index is 15.1. The van der Waals surface area contributed by atoms with E-state index in [1.54, 1.807) is 12.1 Å². The fraction of sp³-hybridized carbons (Fsp3) is 0.520. The summed E-state index contributed by atoms with van der Waals surface area (Å²) in [5.41, 5.74) is 1.53. The number of morpholine rings is 1. The highest BCUT2D eigenvalue weighted by molar-refractivity contribution is 6.78. The number of anilines is 2. The second kappa shape index (κ2) is 10.8. The number of piperidine rings is 1. The van der Waals surface area contributed by atoms with Gasteiger partial charge in [0.1, 0.15) is 6.10 Å². The van der Waals surface area contributed by atoms with Crippen molar-refractivity contribution < 1.29 is 18.3 Å². The minimum absolute atomic E-state index is 0.0308. The predicted octanol–water partition coefficient (Wildman–Crippen LogP) is 4.34. The standard InChI is InChI=1S/C25H35FN4O3Si/c1-19(2)34(3,4)32-18-20-6-5-7-23(24(20)26)33-22-8-10-29(11-9-22)21-16-27-25(28-17-21)30-12-14-31-15-13-30/h5-7,16-17,22H,1,8-15,18H2,2-4H3. The van der Waals surface area contributed by atoms with Crippen molar-refractivity contribution in [2.45, 2.75) is 45.6 Å². The van der Waals surface area contributed by atoms with Crippen molar-refractivity contribution in [2.75, 3.05) is 49.2 Å². The Labute approximate surface area is 202 Å². The van der Waals surface area contributed by atoms with Gasteiger partial charge in [-0.15, -0.1) is 6.58 Å². The highest BCUT2D eigenvalue weighted by Crippen LogP contribution is 2.27. The second-order valence-electron chi connectivity index (χ2n) is 9.45. The van der Waals surface area contributed by atoms with Crippen molar-refractivity contribution in [1.82, 2.24) is 9.97 Å². The Hall–Kier alpha value is -2.49. The first kappa shape index (κ1) is 24.6. The van der Waals surface area contributed by atoms with Gasteiger partial charge in [0.05, 0.1) is 37.9 Å². The normalized spacial score (nSPS) is 17.6. The second-order valence-corrected chi connectivity index (χ2v) is 13.6. The first-order valence-electron chi connectivity index (χ1n) is 12.0. The van der Waals surface area contributed by atoms with Crippen LogP contribution in [0.4, 0.5) is 16.0 Å². The summed E-state index contributed by atoms with van der Waals surface area (Å²) < 4.78 is 32.6. The number of benzene rings is 1. The van der Waals surface area contributed by atoms with Crippen molar-refractivity contribution in [3.8, 4) is 5.75 Å². The highest BCUT2D eigenvalue weighted by atomic mass is 28.4. The van der Waals surface area contributed by atoms with E-state index in [0.717, 1.165) is 55.9 Å². The topological polar surface area (TPSA) is 60.0 Å². The molecule has 184 valence electrons. The maximum atomic E-state index is 15.1. The number of rotatable bonds is 8. The van der Waals surface area contributed by atoms with Crippen molar-refractivity contribution in [2.24, 2.45) is 0 Å². The third kappa shape index (κ3) is 5.95. The number of hydrogen-bond donors (Lipinski definition) is 0. The van der Waals surface area contributed by atoms with E-state index in [-0.39, 0.29) is 18.5 Å². The van der Waals surface area contributed by atoms with Gasteiger partial charge >= 0.3 is 0 Å². The minimum atomic E-state index is -2.03. The molecule has 1 aromatic heterocycles. The Kier molecular flexibility index (Phi) is 7.85. The van der Waals surface area contributed by atoms with Gasteiger partial charge < -0.3 is 23.7 Å². The average Bonchev–Trinajstić information content (AvgIpc) is 2.85. The van der Waals surface area contributed by atoms with E-state index in [9.17, 15) is 0 Å². The minimum Gasteiger partial charge on any atom is -0.487 e. The van der Waals surface area contributed by atoms with Gasteiger partial charge in [-0.25, -0.2) is 14.4 Å². The molecule has 34 heavy (non-hydrogen) atoms. The molecule has 2 saturated heterocycles. The summed E-state index contributed by atoms with van der Waals surface area (Å²) in [6, 6.07) is 5.29. The van der Waals surface area contributed by atoms with E-state index in [0.29, 0.717) is 24.5 Å². The third-order valence-electron chi connectivity index (χ3n) is 6.68. The van der Waals surface area contributed by atoms with E-state index in [4.69, 9.17) is 13.9 Å². The highest BCUT2D eigenvalue weighted by Gasteiger charge is 2.26. The lowest BCUT2D eigenvalue weighted by atomic mass is 10.1. The molecule has 3 heterocycles. The van der Waals surface area contributed by atoms with Crippen LogP contribution in [0, 0.1) is 5.82 Å². The molecule has 0 spiro atoms. The Balaban J connectivity index is 1.30. The zero-order chi connectivity index (χ0) is 24.1. The van der Waals surface area contributed by atoms with E-state index in [1.807, 2.05) is 25.4 Å². The Morgan fingerprint density at radius 1 is 1.12 bits per heavy atom. The summed E-state index contributed by atoms with van der Waals surface area (Å²) in [6.45, 7) is 15.0. The lowest BCUT2D eigenvalue weighted by Crippen LogP contribution is -2.39. The molecule has 0 radical (unpaired) electrons. The molecule has 9 heteroatoms. The molecule has 0 saturated carbocycles. The molecule has 2 fully saturated rings.